The van der Waals surface area contributed by atoms with Gasteiger partial charge >= 0.3 is 6.18 Å². The molecule has 2 heterocycles. The Kier molecular flexibility index (Phi) is 5.96. The van der Waals surface area contributed by atoms with E-state index < -0.39 is 51.3 Å². The van der Waals surface area contributed by atoms with E-state index in [2.05, 4.69) is 4.84 Å². The van der Waals surface area contributed by atoms with Crippen molar-refractivity contribution in [3.05, 3.63) is 83.8 Å². The van der Waals surface area contributed by atoms with Gasteiger partial charge in [0.1, 0.15) is 17.5 Å². The average molecular weight is 473 g/mol. The van der Waals surface area contributed by atoms with E-state index in [4.69, 9.17) is 9.57 Å². The molecule has 1 aromatic heterocycles. The highest BCUT2D eigenvalue weighted by atomic mass is 19.4. The number of fused-ring (bicyclic) bond motifs is 1. The molecule has 11 nitrogen and oxygen atoms in total. The third-order valence-electron chi connectivity index (χ3n) is 5.19. The fraction of sp³-hybridized carbons (Fsp3) is 0.421. The van der Waals surface area contributed by atoms with Crippen LogP contribution in [0.1, 0.15) is 49.6 Å². The highest BCUT2D eigenvalue weighted by Gasteiger charge is 2.48. The molecule has 0 fully saturated rings. The topological polar surface area (TPSA) is 136 Å². The van der Waals surface area contributed by atoms with Crippen molar-refractivity contribution in [2.75, 3.05) is 0 Å². The molecule has 0 N–H and O–H groups in total. The van der Waals surface area contributed by atoms with Crippen LogP contribution in [0.4, 0.5) is 13.2 Å². The zero-order valence-corrected chi connectivity index (χ0v) is 17.4. The second-order valence-electron chi connectivity index (χ2n) is 7.83. The molecular weight excluding hydrogens is 455 g/mol. The van der Waals surface area contributed by atoms with Crippen molar-refractivity contribution >= 4 is 0 Å². The molecule has 0 bridgehead atoms. The third-order valence-corrected chi connectivity index (χ3v) is 5.19. The smallest absolute Gasteiger partial charge is 0.416 e. The molecule has 1 aromatic carbocycles. The second-order valence-corrected chi connectivity index (χ2v) is 7.83. The van der Waals surface area contributed by atoms with Gasteiger partial charge in [0.2, 0.25) is 0 Å². The van der Waals surface area contributed by atoms with Gasteiger partial charge in [0.25, 0.3) is 15.7 Å². The van der Waals surface area contributed by atoms with E-state index in [0.29, 0.717) is 0 Å². The van der Waals surface area contributed by atoms with Crippen molar-refractivity contribution in [1.29, 1.82) is 0 Å². The lowest BCUT2D eigenvalue weighted by molar-refractivity contribution is -0.773. The fourth-order valence-corrected chi connectivity index (χ4v) is 3.68. The molecule has 33 heavy (non-hydrogen) atoms. The van der Waals surface area contributed by atoms with E-state index in [-0.39, 0.29) is 16.9 Å². The zero-order valence-electron chi connectivity index (χ0n) is 17.4. The van der Waals surface area contributed by atoms with Gasteiger partial charge < -0.3 is 19.0 Å². The minimum Gasteiger partial charge on any atom is -0.485 e. The number of hydrogen-bond acceptors (Lipinski definition) is 8. The lowest BCUT2D eigenvalue weighted by atomic mass is 9.85. The van der Waals surface area contributed by atoms with Crippen LogP contribution in [0.3, 0.4) is 0 Å². The second kappa shape index (κ2) is 8.26. The number of ether oxygens (including phenoxy) is 1. The van der Waals surface area contributed by atoms with Gasteiger partial charge in [-0.2, -0.15) is 13.2 Å². The van der Waals surface area contributed by atoms with Gasteiger partial charge in [0.15, 0.2) is 6.10 Å². The molecule has 0 aliphatic carbocycles. The monoisotopic (exact) mass is 473 g/mol. The van der Waals surface area contributed by atoms with Gasteiger partial charge in [0.05, 0.1) is 11.6 Å². The summed E-state index contributed by atoms with van der Waals surface area (Å²) in [6.45, 7) is 4.19. The summed E-state index contributed by atoms with van der Waals surface area (Å²) < 4.78 is 46.7. The maximum absolute atomic E-state index is 13.4. The molecule has 0 radical (unpaired) electrons. The van der Waals surface area contributed by atoms with Crippen LogP contribution in [0.15, 0.2) is 41.3 Å². The number of aromatic nitrogens is 1. The van der Waals surface area contributed by atoms with Crippen LogP contribution >= 0.6 is 0 Å². The fourth-order valence-electron chi connectivity index (χ4n) is 3.68. The standard InChI is InChI=1S/C19H18F3N3O8/c1-10(32-24(27)28)11-6-7-23(15(26)8-11)16-13-9-12(19(20,21)22)4-5-14(13)31-18(2,3)17(16)33-25(29)30/h4-10,16-17H,1-3H3/t10?,16-,17+/m1/s1. The Labute approximate surface area is 183 Å². The highest BCUT2D eigenvalue weighted by molar-refractivity contribution is 5.44. The Bertz CT molecular complexity index is 1150. The van der Waals surface area contributed by atoms with Crippen molar-refractivity contribution in [1.82, 2.24) is 4.57 Å². The van der Waals surface area contributed by atoms with Gasteiger partial charge in [-0.1, -0.05) is 0 Å². The van der Waals surface area contributed by atoms with Crippen LogP contribution in [-0.2, 0) is 15.9 Å². The Morgan fingerprint density at radius 1 is 1.15 bits per heavy atom. The van der Waals surface area contributed by atoms with Crippen LogP contribution in [0.2, 0.25) is 0 Å². The molecule has 1 unspecified atom stereocenters. The summed E-state index contributed by atoms with van der Waals surface area (Å²) in [4.78, 5) is 43.8. The molecule has 14 heteroatoms. The molecule has 1 aliphatic heterocycles. The van der Waals surface area contributed by atoms with Crippen LogP contribution in [-0.4, -0.2) is 26.4 Å². The number of alkyl halides is 3. The molecule has 0 amide bonds. The molecule has 0 spiro atoms. The largest absolute Gasteiger partial charge is 0.485 e. The lowest BCUT2D eigenvalue weighted by Crippen LogP contribution is -2.54. The Balaban J connectivity index is 2.20. The number of pyridine rings is 1. The summed E-state index contributed by atoms with van der Waals surface area (Å²) in [6.07, 6.45) is -6.19. The number of halogens is 3. The van der Waals surface area contributed by atoms with Crippen LogP contribution in [0, 0.1) is 20.2 Å². The van der Waals surface area contributed by atoms with Gasteiger partial charge in [-0.25, -0.2) is 0 Å². The van der Waals surface area contributed by atoms with E-state index >= 15 is 0 Å². The minimum atomic E-state index is -4.73. The first kappa shape index (κ1) is 23.8. The molecule has 1 aliphatic rings. The van der Waals surface area contributed by atoms with Crippen molar-refractivity contribution in [3.8, 4) is 5.75 Å². The van der Waals surface area contributed by atoms with Crippen LogP contribution in [0.5, 0.6) is 5.75 Å². The number of nitrogens with zero attached hydrogens (tertiary/aromatic N) is 3. The molecule has 3 rings (SSSR count). The quantitative estimate of drug-likeness (QED) is 0.460. The number of hydrogen-bond donors (Lipinski definition) is 0. The first-order chi connectivity index (χ1) is 15.2. The Hall–Kier alpha value is -3.84. The van der Waals surface area contributed by atoms with Gasteiger partial charge in [-0.05, 0) is 50.6 Å². The van der Waals surface area contributed by atoms with Gasteiger partial charge in [0, 0.05) is 17.8 Å². The van der Waals surface area contributed by atoms with Crippen LogP contribution < -0.4 is 10.3 Å². The normalized spacial score (nSPS) is 20.2. The van der Waals surface area contributed by atoms with E-state index in [0.717, 1.165) is 35.0 Å². The van der Waals surface area contributed by atoms with E-state index in [9.17, 15) is 38.2 Å². The third kappa shape index (κ3) is 4.83. The minimum absolute atomic E-state index is 0.0118. The summed E-state index contributed by atoms with van der Waals surface area (Å²) in [5.41, 5.74) is -3.30. The SMILES string of the molecule is CC(O[N+](=O)[O-])c1ccn([C@@H]2c3cc(C(F)(F)F)ccc3OC(C)(C)[C@H]2O[N+](=O)[O-])c(=O)c1. The van der Waals surface area contributed by atoms with Crippen molar-refractivity contribution in [2.45, 2.75) is 50.8 Å². The molecular formula is C19H18F3N3O8. The Morgan fingerprint density at radius 2 is 1.82 bits per heavy atom. The lowest BCUT2D eigenvalue weighted by Gasteiger charge is -2.43. The van der Waals surface area contributed by atoms with Crippen molar-refractivity contribution in [2.24, 2.45) is 0 Å². The van der Waals surface area contributed by atoms with Crippen molar-refractivity contribution in [3.63, 3.8) is 0 Å². The predicted molar refractivity (Wildman–Crippen MR) is 103 cm³/mol. The summed E-state index contributed by atoms with van der Waals surface area (Å²) in [6, 6.07) is 3.50. The summed E-state index contributed by atoms with van der Waals surface area (Å²) in [7, 11) is 0. The molecule has 3 atom stereocenters. The highest BCUT2D eigenvalue weighted by Crippen LogP contribution is 2.45. The molecule has 0 saturated heterocycles. The Morgan fingerprint density at radius 3 is 2.36 bits per heavy atom. The van der Waals surface area contributed by atoms with Crippen LogP contribution in [0.25, 0.3) is 0 Å². The van der Waals surface area contributed by atoms with E-state index in [1.54, 1.807) is 0 Å². The summed E-state index contributed by atoms with van der Waals surface area (Å²) >= 11 is 0. The maximum Gasteiger partial charge on any atom is 0.416 e. The van der Waals surface area contributed by atoms with Gasteiger partial charge in [-0.15, -0.1) is 20.2 Å². The van der Waals surface area contributed by atoms with E-state index in [1.807, 2.05) is 0 Å². The average Bonchev–Trinajstić information content (AvgIpc) is 2.66. The number of benzene rings is 1. The van der Waals surface area contributed by atoms with Gasteiger partial charge in [-0.3, -0.25) is 4.79 Å². The predicted octanol–water partition coefficient (Wildman–Crippen LogP) is 3.47. The molecule has 178 valence electrons. The molecule has 0 saturated carbocycles. The van der Waals surface area contributed by atoms with Crippen molar-refractivity contribution < 1.29 is 37.8 Å². The first-order valence-electron chi connectivity index (χ1n) is 9.45. The zero-order chi connectivity index (χ0) is 24.7. The van der Waals surface area contributed by atoms with E-state index in [1.165, 1.54) is 26.8 Å². The number of rotatable bonds is 6. The first-order valence-corrected chi connectivity index (χ1v) is 9.45. The maximum atomic E-state index is 13.4. The summed E-state index contributed by atoms with van der Waals surface area (Å²) in [5, 5.41) is 19.6. The summed E-state index contributed by atoms with van der Waals surface area (Å²) in [5.74, 6) is -0.0118. The molecule has 2 aromatic rings.